The molecule has 2 aromatic carbocycles. The van der Waals surface area contributed by atoms with Crippen molar-refractivity contribution < 1.29 is 9.18 Å². The van der Waals surface area contributed by atoms with Gasteiger partial charge in [-0.05, 0) is 52.2 Å². The van der Waals surface area contributed by atoms with Gasteiger partial charge in [0.1, 0.15) is 5.82 Å². The molecule has 0 unspecified atom stereocenters. The lowest BCUT2D eigenvalue weighted by Crippen LogP contribution is -2.37. The fraction of sp³-hybridized carbons (Fsp3) is 0.133. The van der Waals surface area contributed by atoms with Crippen LogP contribution in [0.25, 0.3) is 0 Å². The third kappa shape index (κ3) is 2.16. The van der Waals surface area contributed by atoms with Gasteiger partial charge in [0.2, 0.25) is 0 Å². The first-order valence-electron chi connectivity index (χ1n) is 6.01. The molecule has 0 N–H and O–H groups in total. The van der Waals surface area contributed by atoms with Crippen LogP contribution < -0.4 is 4.90 Å². The molecular formula is C15H11BrFNO. The third-order valence-corrected chi connectivity index (χ3v) is 3.97. The molecule has 0 spiro atoms. The van der Waals surface area contributed by atoms with Gasteiger partial charge in [-0.2, -0.15) is 0 Å². The number of amides is 1. The zero-order valence-corrected chi connectivity index (χ0v) is 11.7. The Balaban J connectivity index is 2.05. The summed E-state index contributed by atoms with van der Waals surface area (Å²) in [5.41, 5.74) is 2.33. The van der Waals surface area contributed by atoms with Crippen LogP contribution in [0.1, 0.15) is 15.9 Å². The van der Waals surface area contributed by atoms with Crippen molar-refractivity contribution in [1.82, 2.24) is 0 Å². The lowest BCUT2D eigenvalue weighted by Gasteiger charge is -2.29. The highest BCUT2D eigenvalue weighted by molar-refractivity contribution is 9.10. The quantitative estimate of drug-likeness (QED) is 0.783. The number of hydrogen-bond donors (Lipinski definition) is 0. The maximum Gasteiger partial charge on any atom is 0.258 e. The van der Waals surface area contributed by atoms with E-state index in [0.29, 0.717) is 17.8 Å². The zero-order chi connectivity index (χ0) is 13.4. The summed E-state index contributed by atoms with van der Waals surface area (Å²) >= 11 is 3.37. The van der Waals surface area contributed by atoms with Gasteiger partial charge in [0.05, 0.1) is 5.69 Å². The van der Waals surface area contributed by atoms with Gasteiger partial charge < -0.3 is 4.90 Å². The first-order chi connectivity index (χ1) is 9.16. The Labute approximate surface area is 119 Å². The third-order valence-electron chi connectivity index (χ3n) is 3.30. The monoisotopic (exact) mass is 319 g/mol. The number of carbonyl (C=O) groups is 1. The van der Waals surface area contributed by atoms with Crippen LogP contribution in [0.4, 0.5) is 10.1 Å². The topological polar surface area (TPSA) is 20.3 Å². The minimum absolute atomic E-state index is 0.0758. The van der Waals surface area contributed by atoms with E-state index in [-0.39, 0.29) is 11.7 Å². The lowest BCUT2D eigenvalue weighted by molar-refractivity contribution is 0.0980. The minimum Gasteiger partial charge on any atom is -0.307 e. The number of halogens is 2. The van der Waals surface area contributed by atoms with Crippen molar-refractivity contribution in [2.45, 2.75) is 6.42 Å². The van der Waals surface area contributed by atoms with E-state index >= 15 is 0 Å². The number of fused-ring (bicyclic) bond motifs is 1. The average Bonchev–Trinajstić information content (AvgIpc) is 2.43. The zero-order valence-electron chi connectivity index (χ0n) is 10.1. The average molecular weight is 320 g/mol. The summed E-state index contributed by atoms with van der Waals surface area (Å²) in [5.74, 6) is -0.419. The van der Waals surface area contributed by atoms with Crippen molar-refractivity contribution in [2.24, 2.45) is 0 Å². The Bertz CT molecular complexity index is 656. The van der Waals surface area contributed by atoms with E-state index < -0.39 is 0 Å². The van der Waals surface area contributed by atoms with Crippen LogP contribution in [0.15, 0.2) is 46.9 Å². The van der Waals surface area contributed by atoms with Crippen LogP contribution in [-0.4, -0.2) is 12.5 Å². The molecule has 96 valence electrons. The van der Waals surface area contributed by atoms with E-state index in [1.165, 1.54) is 12.1 Å². The molecule has 0 atom stereocenters. The number of anilines is 1. The van der Waals surface area contributed by atoms with Crippen LogP contribution in [0.2, 0.25) is 0 Å². The van der Waals surface area contributed by atoms with Crippen molar-refractivity contribution in [2.75, 3.05) is 11.4 Å². The van der Waals surface area contributed by atoms with Gasteiger partial charge in [0, 0.05) is 16.6 Å². The number of hydrogen-bond acceptors (Lipinski definition) is 1. The summed E-state index contributed by atoms with van der Waals surface area (Å²) < 4.78 is 14.1. The van der Waals surface area contributed by atoms with Gasteiger partial charge >= 0.3 is 0 Å². The van der Waals surface area contributed by atoms with E-state index in [1.54, 1.807) is 11.0 Å². The second kappa shape index (κ2) is 4.78. The Hall–Kier alpha value is -1.68. The maximum absolute atomic E-state index is 13.4. The lowest BCUT2D eigenvalue weighted by atomic mass is 9.98. The standard InChI is InChI=1S/C15H11BrFNO/c16-13-6-5-11(17)9-14(13)18-8-7-10-3-1-2-4-12(10)15(18)19/h1-6,9H,7-8H2. The van der Waals surface area contributed by atoms with E-state index in [2.05, 4.69) is 15.9 Å². The van der Waals surface area contributed by atoms with Gasteiger partial charge in [0.25, 0.3) is 5.91 Å². The number of rotatable bonds is 1. The fourth-order valence-corrected chi connectivity index (χ4v) is 2.81. The molecule has 19 heavy (non-hydrogen) atoms. The predicted molar refractivity (Wildman–Crippen MR) is 75.9 cm³/mol. The van der Waals surface area contributed by atoms with Crippen LogP contribution in [0.3, 0.4) is 0 Å². The van der Waals surface area contributed by atoms with Gasteiger partial charge in [-0.1, -0.05) is 18.2 Å². The molecule has 1 aliphatic rings. The number of benzene rings is 2. The fourth-order valence-electron chi connectivity index (χ4n) is 2.35. The Morgan fingerprint density at radius 3 is 2.79 bits per heavy atom. The number of nitrogens with zero attached hydrogens (tertiary/aromatic N) is 1. The summed E-state index contributed by atoms with van der Waals surface area (Å²) in [6, 6.07) is 11.9. The van der Waals surface area contributed by atoms with Crippen molar-refractivity contribution in [1.29, 1.82) is 0 Å². The second-order valence-corrected chi connectivity index (χ2v) is 5.31. The summed E-state index contributed by atoms with van der Waals surface area (Å²) in [7, 11) is 0. The van der Waals surface area contributed by atoms with Gasteiger partial charge in [-0.15, -0.1) is 0 Å². The Kier molecular flexibility index (Phi) is 3.11. The molecule has 2 nitrogen and oxygen atoms in total. The molecule has 1 heterocycles. The van der Waals surface area contributed by atoms with Crippen LogP contribution in [0.5, 0.6) is 0 Å². The molecule has 1 aliphatic heterocycles. The summed E-state index contributed by atoms with van der Waals surface area (Å²) in [6.07, 6.45) is 0.783. The SMILES string of the molecule is O=C1c2ccccc2CCN1c1cc(F)ccc1Br. The summed E-state index contributed by atoms with van der Waals surface area (Å²) in [5, 5.41) is 0. The molecule has 0 aromatic heterocycles. The summed E-state index contributed by atoms with van der Waals surface area (Å²) in [4.78, 5) is 14.1. The van der Waals surface area contributed by atoms with Crippen molar-refractivity contribution in [3.63, 3.8) is 0 Å². The highest BCUT2D eigenvalue weighted by Crippen LogP contribution is 2.31. The van der Waals surface area contributed by atoms with Crippen LogP contribution in [-0.2, 0) is 6.42 Å². The molecule has 0 saturated carbocycles. The molecule has 3 rings (SSSR count). The van der Waals surface area contributed by atoms with Crippen molar-refractivity contribution in [3.8, 4) is 0 Å². The van der Waals surface area contributed by atoms with E-state index in [0.717, 1.165) is 16.5 Å². The molecule has 0 saturated heterocycles. The second-order valence-electron chi connectivity index (χ2n) is 4.46. The number of carbonyl (C=O) groups excluding carboxylic acids is 1. The van der Waals surface area contributed by atoms with E-state index in [9.17, 15) is 9.18 Å². The predicted octanol–water partition coefficient (Wildman–Crippen LogP) is 3.79. The molecule has 0 fully saturated rings. The normalized spacial score (nSPS) is 14.4. The van der Waals surface area contributed by atoms with E-state index in [4.69, 9.17) is 0 Å². The molecule has 2 aromatic rings. The van der Waals surface area contributed by atoms with Gasteiger partial charge in [-0.3, -0.25) is 4.79 Å². The smallest absolute Gasteiger partial charge is 0.258 e. The highest BCUT2D eigenvalue weighted by atomic mass is 79.9. The van der Waals surface area contributed by atoms with Crippen molar-refractivity contribution in [3.05, 3.63) is 63.9 Å². The maximum atomic E-state index is 13.4. The van der Waals surface area contributed by atoms with Crippen molar-refractivity contribution >= 4 is 27.5 Å². The van der Waals surface area contributed by atoms with Crippen LogP contribution in [0, 0.1) is 5.82 Å². The molecule has 0 bridgehead atoms. The van der Waals surface area contributed by atoms with Gasteiger partial charge in [0.15, 0.2) is 0 Å². The summed E-state index contributed by atoms with van der Waals surface area (Å²) in [6.45, 7) is 0.567. The molecule has 1 amide bonds. The highest BCUT2D eigenvalue weighted by Gasteiger charge is 2.26. The van der Waals surface area contributed by atoms with E-state index in [1.807, 2.05) is 24.3 Å². The molecule has 0 radical (unpaired) electrons. The Morgan fingerprint density at radius 1 is 1.16 bits per heavy atom. The Morgan fingerprint density at radius 2 is 1.95 bits per heavy atom. The minimum atomic E-state index is -0.343. The molecule has 0 aliphatic carbocycles. The first-order valence-corrected chi connectivity index (χ1v) is 6.81. The molecule has 4 heteroatoms. The molecular weight excluding hydrogens is 309 g/mol. The van der Waals surface area contributed by atoms with Crippen LogP contribution >= 0.6 is 15.9 Å². The first kappa shape index (κ1) is 12.4. The largest absolute Gasteiger partial charge is 0.307 e. The van der Waals surface area contributed by atoms with Gasteiger partial charge in [-0.25, -0.2) is 4.39 Å².